The van der Waals surface area contributed by atoms with Crippen LogP contribution in [0.5, 0.6) is 0 Å². The Morgan fingerprint density at radius 2 is 2.27 bits per heavy atom. The fraction of sp³-hybridized carbons (Fsp3) is 0.333. The molecule has 0 radical (unpaired) electrons. The van der Waals surface area contributed by atoms with Crippen LogP contribution in [0.2, 0.25) is 0 Å². The van der Waals surface area contributed by atoms with Crippen molar-refractivity contribution in [2.24, 2.45) is 0 Å². The first kappa shape index (κ1) is 6.68. The predicted octanol–water partition coefficient (Wildman–Crippen LogP) is 1.25. The molecule has 1 aromatic carbocycles. The van der Waals surface area contributed by atoms with Gasteiger partial charge in [0.1, 0.15) is 0 Å². The molecule has 2 heteroatoms. The molecule has 1 aromatic rings. The minimum absolute atomic E-state index is 0.284. The molecule has 0 amide bonds. The molecule has 1 aliphatic rings. The van der Waals surface area contributed by atoms with Crippen LogP contribution in [-0.4, -0.2) is 5.11 Å². The van der Waals surface area contributed by atoms with Crippen LogP contribution in [0, 0.1) is 0 Å². The number of anilines is 1. The average molecular weight is 149 g/mol. The highest BCUT2D eigenvalue weighted by Gasteiger charge is 2.20. The lowest BCUT2D eigenvalue weighted by molar-refractivity contribution is 0.180. The summed E-state index contributed by atoms with van der Waals surface area (Å²) in [6.45, 7) is 0. The van der Waals surface area contributed by atoms with E-state index in [1.807, 2.05) is 18.2 Å². The van der Waals surface area contributed by atoms with Crippen molar-refractivity contribution >= 4 is 5.69 Å². The number of fused-ring (bicyclic) bond motifs is 1. The molecule has 0 bridgehead atoms. The summed E-state index contributed by atoms with van der Waals surface area (Å²) in [5.74, 6) is 0. The highest BCUT2D eigenvalue weighted by Crippen LogP contribution is 2.33. The fourth-order valence-corrected chi connectivity index (χ4v) is 1.66. The van der Waals surface area contributed by atoms with Crippen molar-refractivity contribution < 1.29 is 5.11 Å². The van der Waals surface area contributed by atoms with E-state index in [2.05, 4.69) is 0 Å². The second-order valence-corrected chi connectivity index (χ2v) is 2.97. The summed E-state index contributed by atoms with van der Waals surface area (Å²) < 4.78 is 0. The molecule has 1 aliphatic carbocycles. The van der Waals surface area contributed by atoms with Gasteiger partial charge >= 0.3 is 0 Å². The molecule has 0 aliphatic heterocycles. The van der Waals surface area contributed by atoms with E-state index in [9.17, 15) is 5.11 Å². The molecular weight excluding hydrogens is 138 g/mol. The maximum atomic E-state index is 9.45. The van der Waals surface area contributed by atoms with Crippen molar-refractivity contribution in [3.8, 4) is 0 Å². The number of nitrogens with two attached hydrogens (primary N) is 1. The van der Waals surface area contributed by atoms with Gasteiger partial charge < -0.3 is 10.8 Å². The minimum Gasteiger partial charge on any atom is -0.398 e. The summed E-state index contributed by atoms with van der Waals surface area (Å²) in [6.07, 6.45) is 1.46. The van der Waals surface area contributed by atoms with Crippen molar-refractivity contribution in [2.45, 2.75) is 18.9 Å². The molecule has 0 saturated carbocycles. The lowest BCUT2D eigenvalue weighted by Gasteiger charge is -2.04. The third-order valence-corrected chi connectivity index (χ3v) is 2.28. The lowest BCUT2D eigenvalue weighted by Crippen LogP contribution is -1.93. The third kappa shape index (κ3) is 0.906. The summed E-state index contributed by atoms with van der Waals surface area (Å²) in [7, 11) is 0. The Hall–Kier alpha value is -1.02. The van der Waals surface area contributed by atoms with E-state index in [0.29, 0.717) is 0 Å². The SMILES string of the molecule is Nc1cccc2c1CCC2O. The summed E-state index contributed by atoms with van der Waals surface area (Å²) in [6, 6.07) is 5.73. The van der Waals surface area contributed by atoms with Gasteiger partial charge in [0.25, 0.3) is 0 Å². The van der Waals surface area contributed by atoms with Gasteiger partial charge in [-0.3, -0.25) is 0 Å². The zero-order chi connectivity index (χ0) is 7.84. The Labute approximate surface area is 65.7 Å². The second kappa shape index (κ2) is 2.24. The molecule has 2 rings (SSSR count). The zero-order valence-corrected chi connectivity index (χ0v) is 6.25. The van der Waals surface area contributed by atoms with E-state index >= 15 is 0 Å². The molecule has 1 unspecified atom stereocenters. The van der Waals surface area contributed by atoms with Gasteiger partial charge in [0, 0.05) is 5.69 Å². The number of aliphatic hydroxyl groups excluding tert-OH is 1. The van der Waals surface area contributed by atoms with Crippen LogP contribution in [0.4, 0.5) is 5.69 Å². The molecular formula is C9H11NO. The molecule has 58 valence electrons. The van der Waals surface area contributed by atoms with Crippen LogP contribution in [0.15, 0.2) is 18.2 Å². The highest BCUT2D eigenvalue weighted by atomic mass is 16.3. The molecule has 2 nitrogen and oxygen atoms in total. The van der Waals surface area contributed by atoms with E-state index in [0.717, 1.165) is 29.7 Å². The van der Waals surface area contributed by atoms with E-state index in [4.69, 9.17) is 5.73 Å². The maximum Gasteiger partial charge on any atom is 0.0796 e. The van der Waals surface area contributed by atoms with E-state index in [-0.39, 0.29) is 6.10 Å². The maximum absolute atomic E-state index is 9.45. The van der Waals surface area contributed by atoms with Crippen LogP contribution >= 0.6 is 0 Å². The van der Waals surface area contributed by atoms with Gasteiger partial charge in [0.15, 0.2) is 0 Å². The number of hydrogen-bond acceptors (Lipinski definition) is 2. The monoisotopic (exact) mass is 149 g/mol. The minimum atomic E-state index is -0.284. The molecule has 0 spiro atoms. The first-order valence-corrected chi connectivity index (χ1v) is 3.84. The average Bonchev–Trinajstić information content (AvgIpc) is 2.35. The molecule has 1 atom stereocenters. The van der Waals surface area contributed by atoms with Crippen LogP contribution < -0.4 is 5.73 Å². The van der Waals surface area contributed by atoms with Crippen LogP contribution in [0.3, 0.4) is 0 Å². The summed E-state index contributed by atoms with van der Waals surface area (Å²) >= 11 is 0. The van der Waals surface area contributed by atoms with Crippen LogP contribution in [0.25, 0.3) is 0 Å². The Balaban J connectivity index is 2.57. The first-order chi connectivity index (χ1) is 5.29. The predicted molar refractivity (Wildman–Crippen MR) is 44.1 cm³/mol. The quantitative estimate of drug-likeness (QED) is 0.545. The van der Waals surface area contributed by atoms with Crippen molar-refractivity contribution in [3.05, 3.63) is 29.3 Å². The number of aliphatic hydroxyl groups is 1. The molecule has 3 N–H and O–H groups in total. The van der Waals surface area contributed by atoms with Gasteiger partial charge in [-0.05, 0) is 30.0 Å². The Morgan fingerprint density at radius 1 is 1.45 bits per heavy atom. The van der Waals surface area contributed by atoms with Gasteiger partial charge in [-0.1, -0.05) is 12.1 Å². The van der Waals surface area contributed by atoms with Gasteiger partial charge in [-0.2, -0.15) is 0 Å². The Bertz CT molecular complexity index is 283. The van der Waals surface area contributed by atoms with Gasteiger partial charge in [-0.15, -0.1) is 0 Å². The van der Waals surface area contributed by atoms with Crippen molar-refractivity contribution in [3.63, 3.8) is 0 Å². The Morgan fingerprint density at radius 3 is 3.00 bits per heavy atom. The number of nitrogen functional groups attached to an aromatic ring is 1. The molecule has 0 saturated heterocycles. The lowest BCUT2D eigenvalue weighted by atomic mass is 10.1. The summed E-state index contributed by atoms with van der Waals surface area (Å²) in [4.78, 5) is 0. The standard InChI is InChI=1S/C9H11NO/c10-8-3-1-2-7-6(8)4-5-9(7)11/h1-3,9,11H,4-5,10H2. The van der Waals surface area contributed by atoms with Crippen molar-refractivity contribution in [1.29, 1.82) is 0 Å². The first-order valence-electron chi connectivity index (χ1n) is 3.84. The van der Waals surface area contributed by atoms with Gasteiger partial charge in [0.2, 0.25) is 0 Å². The molecule has 0 aromatic heterocycles. The number of hydrogen-bond donors (Lipinski definition) is 2. The van der Waals surface area contributed by atoms with E-state index in [1.165, 1.54) is 0 Å². The van der Waals surface area contributed by atoms with E-state index in [1.54, 1.807) is 0 Å². The second-order valence-electron chi connectivity index (χ2n) is 2.97. The zero-order valence-electron chi connectivity index (χ0n) is 6.25. The number of benzene rings is 1. The normalized spacial score (nSPS) is 21.7. The smallest absolute Gasteiger partial charge is 0.0796 e. The largest absolute Gasteiger partial charge is 0.398 e. The van der Waals surface area contributed by atoms with Gasteiger partial charge in [-0.25, -0.2) is 0 Å². The van der Waals surface area contributed by atoms with Crippen molar-refractivity contribution in [2.75, 3.05) is 5.73 Å². The Kier molecular flexibility index (Phi) is 1.36. The molecule has 11 heavy (non-hydrogen) atoms. The van der Waals surface area contributed by atoms with Gasteiger partial charge in [0.05, 0.1) is 6.10 Å². The summed E-state index contributed by atoms with van der Waals surface area (Å²) in [5, 5.41) is 9.45. The van der Waals surface area contributed by atoms with E-state index < -0.39 is 0 Å². The fourth-order valence-electron chi connectivity index (χ4n) is 1.66. The third-order valence-electron chi connectivity index (χ3n) is 2.28. The molecule has 0 fully saturated rings. The van der Waals surface area contributed by atoms with Crippen molar-refractivity contribution in [1.82, 2.24) is 0 Å². The highest BCUT2D eigenvalue weighted by molar-refractivity contribution is 5.53. The topological polar surface area (TPSA) is 46.2 Å². The van der Waals surface area contributed by atoms with Crippen LogP contribution in [-0.2, 0) is 6.42 Å². The molecule has 0 heterocycles. The van der Waals surface area contributed by atoms with Crippen LogP contribution in [0.1, 0.15) is 23.7 Å². The number of rotatable bonds is 0. The summed E-state index contributed by atoms with van der Waals surface area (Å²) in [5.41, 5.74) is 8.70.